The van der Waals surface area contributed by atoms with Crippen molar-refractivity contribution in [2.45, 2.75) is 32.6 Å². The van der Waals surface area contributed by atoms with Crippen LogP contribution in [0.3, 0.4) is 0 Å². The Morgan fingerprint density at radius 3 is 2.24 bits per heavy atom. The Labute approximate surface area is 197 Å². The molecule has 2 heterocycles. The first-order valence-electron chi connectivity index (χ1n) is 12.0. The van der Waals surface area contributed by atoms with Gasteiger partial charge >= 0.3 is 5.97 Å². The molecule has 6 rings (SSSR count). The maximum absolute atomic E-state index is 13.0. The average Bonchev–Trinajstić information content (AvgIpc) is 3.58. The lowest BCUT2D eigenvalue weighted by atomic mass is 9.81. The molecule has 5 atom stereocenters. The fraction of sp³-hybridized carbons (Fsp3) is 0.407. The second kappa shape index (κ2) is 7.79. The minimum atomic E-state index is -0.552. The standard InChI is InChI=1S/C27H26N2O5/c1-15-3-2-4-20(11-15)28-14-18(13-22(28)30)27(33)34-21-9-7-19(8-10-21)29-25(31)23-16-5-6-17(12-16)24(23)26(29)32/h2-4,7-11,16-18,23-24H,5-6,12-14H2,1H3. The molecule has 2 aliphatic heterocycles. The number of aryl methyl sites for hydroxylation is 1. The number of carbonyl (C=O) groups is 4. The second-order valence-electron chi connectivity index (χ2n) is 10.1. The molecule has 2 aromatic rings. The van der Waals surface area contributed by atoms with Crippen molar-refractivity contribution in [3.8, 4) is 5.75 Å². The van der Waals surface area contributed by atoms with E-state index in [0.29, 0.717) is 23.3 Å². The van der Waals surface area contributed by atoms with Crippen molar-refractivity contribution >= 4 is 35.1 Å². The number of anilines is 2. The van der Waals surface area contributed by atoms with Gasteiger partial charge in [0.25, 0.3) is 0 Å². The van der Waals surface area contributed by atoms with E-state index in [1.807, 2.05) is 31.2 Å². The third-order valence-electron chi connectivity index (χ3n) is 8.01. The molecule has 7 heteroatoms. The van der Waals surface area contributed by atoms with Gasteiger partial charge in [-0.25, -0.2) is 0 Å². The number of esters is 1. The maximum Gasteiger partial charge on any atom is 0.316 e. The predicted molar refractivity (Wildman–Crippen MR) is 124 cm³/mol. The van der Waals surface area contributed by atoms with Crippen LogP contribution >= 0.6 is 0 Å². The normalized spacial score (nSPS) is 29.8. The number of rotatable bonds is 4. The van der Waals surface area contributed by atoms with Crippen LogP contribution in [-0.2, 0) is 19.2 Å². The van der Waals surface area contributed by atoms with Crippen LogP contribution in [0.15, 0.2) is 48.5 Å². The summed E-state index contributed by atoms with van der Waals surface area (Å²) in [5, 5.41) is 0. The first kappa shape index (κ1) is 21.1. The number of nitrogens with zero attached hydrogens (tertiary/aromatic N) is 2. The third kappa shape index (κ3) is 3.25. The highest BCUT2D eigenvalue weighted by atomic mass is 16.5. The fourth-order valence-electron chi connectivity index (χ4n) is 6.44. The molecule has 3 amide bonds. The summed E-state index contributed by atoms with van der Waals surface area (Å²) < 4.78 is 5.54. The SMILES string of the molecule is Cc1cccc(N2CC(C(=O)Oc3ccc(N4C(=O)C5C6CCC(C6)C5C4=O)cc3)CC2=O)c1. The van der Waals surface area contributed by atoms with Gasteiger partial charge in [-0.05, 0) is 80.0 Å². The lowest BCUT2D eigenvalue weighted by Crippen LogP contribution is -2.32. The summed E-state index contributed by atoms with van der Waals surface area (Å²) in [5.74, 6) is -0.626. The average molecular weight is 459 g/mol. The molecule has 7 nitrogen and oxygen atoms in total. The number of carbonyl (C=O) groups excluding carboxylic acids is 4. The minimum Gasteiger partial charge on any atom is -0.426 e. The van der Waals surface area contributed by atoms with Crippen molar-refractivity contribution in [3.63, 3.8) is 0 Å². The van der Waals surface area contributed by atoms with Gasteiger partial charge in [-0.3, -0.25) is 24.1 Å². The molecule has 0 spiro atoms. The summed E-state index contributed by atoms with van der Waals surface area (Å²) in [6.07, 6.45) is 3.18. The van der Waals surface area contributed by atoms with Gasteiger partial charge in [0.2, 0.25) is 17.7 Å². The molecular weight excluding hydrogens is 432 g/mol. The smallest absolute Gasteiger partial charge is 0.316 e. The van der Waals surface area contributed by atoms with Gasteiger partial charge < -0.3 is 9.64 Å². The van der Waals surface area contributed by atoms with Gasteiger partial charge in [0.1, 0.15) is 5.75 Å². The van der Waals surface area contributed by atoms with Crippen LogP contribution in [0.1, 0.15) is 31.2 Å². The molecule has 174 valence electrons. The molecule has 4 aliphatic rings. The molecule has 4 fully saturated rings. The van der Waals surface area contributed by atoms with Crippen molar-refractivity contribution in [1.82, 2.24) is 0 Å². The zero-order valence-corrected chi connectivity index (χ0v) is 19.0. The van der Waals surface area contributed by atoms with Crippen LogP contribution < -0.4 is 14.5 Å². The van der Waals surface area contributed by atoms with E-state index in [0.717, 1.165) is 30.5 Å². The molecule has 2 saturated heterocycles. The van der Waals surface area contributed by atoms with Crippen molar-refractivity contribution in [3.05, 3.63) is 54.1 Å². The van der Waals surface area contributed by atoms with Crippen molar-refractivity contribution in [1.29, 1.82) is 0 Å². The Bertz CT molecular complexity index is 1180. The van der Waals surface area contributed by atoms with Gasteiger partial charge in [-0.15, -0.1) is 0 Å². The van der Waals surface area contributed by atoms with E-state index in [4.69, 9.17) is 4.74 Å². The number of fused-ring (bicyclic) bond motifs is 5. The molecule has 2 aliphatic carbocycles. The van der Waals surface area contributed by atoms with Crippen LogP contribution in [0.2, 0.25) is 0 Å². The Hall–Kier alpha value is -3.48. The van der Waals surface area contributed by atoms with E-state index in [1.165, 1.54) is 4.90 Å². The van der Waals surface area contributed by atoms with Gasteiger partial charge in [0, 0.05) is 18.7 Å². The molecule has 2 aromatic carbocycles. The lowest BCUT2D eigenvalue weighted by Gasteiger charge is -2.19. The highest BCUT2D eigenvalue weighted by Gasteiger charge is 2.61. The highest BCUT2D eigenvalue weighted by Crippen LogP contribution is 2.56. The highest BCUT2D eigenvalue weighted by molar-refractivity contribution is 6.22. The fourth-order valence-corrected chi connectivity index (χ4v) is 6.44. The quantitative estimate of drug-likeness (QED) is 0.398. The zero-order valence-electron chi connectivity index (χ0n) is 19.0. The van der Waals surface area contributed by atoms with Crippen molar-refractivity contribution in [2.24, 2.45) is 29.6 Å². The number of amides is 3. The monoisotopic (exact) mass is 458 g/mol. The van der Waals surface area contributed by atoms with E-state index < -0.39 is 11.9 Å². The summed E-state index contributed by atoms with van der Waals surface area (Å²) in [5.41, 5.74) is 2.34. The first-order chi connectivity index (χ1) is 16.4. The Kier molecular flexibility index (Phi) is 4.83. The van der Waals surface area contributed by atoms with Crippen molar-refractivity contribution in [2.75, 3.05) is 16.3 Å². The molecular formula is C27H26N2O5. The summed E-state index contributed by atoms with van der Waals surface area (Å²) in [6, 6.07) is 14.1. The molecule has 5 unspecified atom stereocenters. The summed E-state index contributed by atoms with van der Waals surface area (Å²) >= 11 is 0. The lowest BCUT2D eigenvalue weighted by molar-refractivity contribution is -0.139. The first-order valence-corrected chi connectivity index (χ1v) is 12.0. The number of ether oxygens (including phenoxy) is 1. The van der Waals surface area contributed by atoms with Crippen LogP contribution in [0.5, 0.6) is 5.75 Å². The number of imide groups is 1. The van der Waals surface area contributed by atoms with Crippen molar-refractivity contribution < 1.29 is 23.9 Å². The van der Waals surface area contributed by atoms with E-state index >= 15 is 0 Å². The minimum absolute atomic E-state index is 0.0901. The molecule has 34 heavy (non-hydrogen) atoms. The number of hydrogen-bond donors (Lipinski definition) is 0. The van der Waals surface area contributed by atoms with Crippen LogP contribution in [0, 0.1) is 36.5 Å². The van der Waals surface area contributed by atoms with E-state index in [-0.39, 0.29) is 42.5 Å². The Balaban J connectivity index is 1.12. The maximum atomic E-state index is 13.0. The Morgan fingerprint density at radius 2 is 1.59 bits per heavy atom. The van der Waals surface area contributed by atoms with Gasteiger partial charge in [0.05, 0.1) is 23.4 Å². The summed E-state index contributed by atoms with van der Waals surface area (Å²) in [4.78, 5) is 54.2. The molecule has 0 N–H and O–H groups in total. The van der Waals surface area contributed by atoms with Crippen LogP contribution in [0.25, 0.3) is 0 Å². The zero-order chi connectivity index (χ0) is 23.6. The largest absolute Gasteiger partial charge is 0.426 e. The summed E-state index contributed by atoms with van der Waals surface area (Å²) in [7, 11) is 0. The van der Waals surface area contributed by atoms with Gasteiger partial charge in [0.15, 0.2) is 0 Å². The van der Waals surface area contributed by atoms with Crippen LogP contribution in [-0.4, -0.2) is 30.2 Å². The predicted octanol–water partition coefficient (Wildman–Crippen LogP) is 3.49. The van der Waals surface area contributed by atoms with Gasteiger partial charge in [-0.1, -0.05) is 12.1 Å². The third-order valence-corrected chi connectivity index (χ3v) is 8.01. The number of benzene rings is 2. The Morgan fingerprint density at radius 1 is 0.912 bits per heavy atom. The molecule has 0 aromatic heterocycles. The molecule has 0 radical (unpaired) electrons. The van der Waals surface area contributed by atoms with Crippen LogP contribution in [0.4, 0.5) is 11.4 Å². The van der Waals surface area contributed by atoms with E-state index in [9.17, 15) is 19.2 Å². The van der Waals surface area contributed by atoms with Gasteiger partial charge in [-0.2, -0.15) is 0 Å². The second-order valence-corrected chi connectivity index (χ2v) is 10.1. The molecule has 2 saturated carbocycles. The number of hydrogen-bond acceptors (Lipinski definition) is 5. The van der Waals surface area contributed by atoms with E-state index in [2.05, 4.69) is 0 Å². The van der Waals surface area contributed by atoms with E-state index in [1.54, 1.807) is 29.2 Å². The summed E-state index contributed by atoms with van der Waals surface area (Å²) in [6.45, 7) is 2.24. The topological polar surface area (TPSA) is 84.0 Å². The molecule has 2 bridgehead atoms.